The highest BCUT2D eigenvalue weighted by atomic mass is 19.1. The van der Waals surface area contributed by atoms with Crippen molar-refractivity contribution >= 4 is 17.2 Å². The van der Waals surface area contributed by atoms with Crippen molar-refractivity contribution < 1.29 is 13.7 Å². The van der Waals surface area contributed by atoms with Crippen LogP contribution in [-0.2, 0) is 0 Å². The van der Waals surface area contributed by atoms with Gasteiger partial charge in [0, 0.05) is 17.4 Å². The molecule has 5 aromatic rings. The first-order valence-electron chi connectivity index (χ1n) is 9.94. The predicted molar refractivity (Wildman–Crippen MR) is 118 cm³/mol. The lowest BCUT2D eigenvalue weighted by Gasteiger charge is -2.09. The van der Waals surface area contributed by atoms with Crippen LogP contribution in [0.3, 0.4) is 0 Å². The maximum absolute atomic E-state index is 14.2. The van der Waals surface area contributed by atoms with Crippen LogP contribution in [0.1, 0.15) is 21.6 Å². The molecular weight excluding hydrogens is 409 g/mol. The molecule has 0 unspecified atom stereocenters. The van der Waals surface area contributed by atoms with Gasteiger partial charge in [-0.1, -0.05) is 28.9 Å². The number of carbonyl (C=O) groups is 1. The van der Waals surface area contributed by atoms with Crippen LogP contribution in [-0.4, -0.2) is 25.4 Å². The molecular formula is C24H18FN5O2. The highest BCUT2D eigenvalue weighted by Crippen LogP contribution is 2.28. The number of halogens is 1. The number of imidazole rings is 1. The molecule has 3 aromatic heterocycles. The van der Waals surface area contributed by atoms with E-state index in [1.807, 2.05) is 44.2 Å². The number of nitrogens with zero attached hydrogens (tertiary/aromatic N) is 4. The molecule has 8 heteroatoms. The van der Waals surface area contributed by atoms with Crippen molar-refractivity contribution in [3.63, 3.8) is 0 Å². The average Bonchev–Trinajstić information content (AvgIpc) is 3.44. The van der Waals surface area contributed by atoms with Gasteiger partial charge in [0.05, 0.1) is 11.8 Å². The summed E-state index contributed by atoms with van der Waals surface area (Å²) in [5.41, 5.74) is 4.33. The van der Waals surface area contributed by atoms with Gasteiger partial charge in [-0.25, -0.2) is 9.37 Å². The number of hydrogen-bond acceptors (Lipinski definition) is 5. The van der Waals surface area contributed by atoms with E-state index in [1.54, 1.807) is 28.8 Å². The van der Waals surface area contributed by atoms with E-state index in [0.717, 1.165) is 11.1 Å². The maximum Gasteiger partial charge on any atom is 0.274 e. The average molecular weight is 427 g/mol. The van der Waals surface area contributed by atoms with E-state index in [-0.39, 0.29) is 23.2 Å². The van der Waals surface area contributed by atoms with Gasteiger partial charge in [-0.3, -0.25) is 9.20 Å². The standard InChI is InChI=1S/C24H18FN5O2/c1-14-6-9-18(25)17(11-14)22-28-24(32-29-22)16-8-7-15(2)19(12-16)27-23(31)20-13-26-21-5-3-4-10-30(20)21/h3-13H,1-2H3,(H,27,31). The molecule has 0 spiro atoms. The second-order valence-corrected chi connectivity index (χ2v) is 7.46. The Hall–Kier alpha value is -4.33. The molecule has 5 rings (SSSR count). The summed E-state index contributed by atoms with van der Waals surface area (Å²) in [4.78, 5) is 21.5. The third-order valence-electron chi connectivity index (χ3n) is 5.17. The van der Waals surface area contributed by atoms with E-state index in [9.17, 15) is 9.18 Å². The maximum atomic E-state index is 14.2. The Kier molecular flexibility index (Phi) is 4.74. The van der Waals surface area contributed by atoms with E-state index in [1.165, 1.54) is 12.3 Å². The topological polar surface area (TPSA) is 85.3 Å². The van der Waals surface area contributed by atoms with Gasteiger partial charge in [-0.15, -0.1) is 0 Å². The van der Waals surface area contributed by atoms with Crippen LogP contribution in [0, 0.1) is 19.7 Å². The fraction of sp³-hybridized carbons (Fsp3) is 0.0833. The molecule has 158 valence electrons. The zero-order chi connectivity index (χ0) is 22.2. The van der Waals surface area contributed by atoms with Crippen molar-refractivity contribution in [2.24, 2.45) is 0 Å². The minimum Gasteiger partial charge on any atom is -0.334 e. The Bertz CT molecular complexity index is 1470. The van der Waals surface area contributed by atoms with E-state index in [4.69, 9.17) is 4.52 Å². The number of carbonyl (C=O) groups excluding carboxylic acids is 1. The van der Waals surface area contributed by atoms with Gasteiger partial charge in [0.15, 0.2) is 0 Å². The number of hydrogen-bond donors (Lipinski definition) is 1. The first-order chi connectivity index (χ1) is 15.5. The highest BCUT2D eigenvalue weighted by molar-refractivity contribution is 6.04. The molecule has 0 aliphatic heterocycles. The van der Waals surface area contributed by atoms with E-state index in [0.29, 0.717) is 22.6 Å². The molecule has 7 nitrogen and oxygen atoms in total. The van der Waals surface area contributed by atoms with Crippen molar-refractivity contribution in [2.45, 2.75) is 13.8 Å². The molecule has 32 heavy (non-hydrogen) atoms. The summed E-state index contributed by atoms with van der Waals surface area (Å²) in [5.74, 6) is -0.325. The summed E-state index contributed by atoms with van der Waals surface area (Å²) >= 11 is 0. The van der Waals surface area contributed by atoms with Gasteiger partial charge in [0.2, 0.25) is 5.82 Å². The van der Waals surface area contributed by atoms with Gasteiger partial charge < -0.3 is 9.84 Å². The van der Waals surface area contributed by atoms with Crippen LogP contribution in [0.5, 0.6) is 0 Å². The van der Waals surface area contributed by atoms with Gasteiger partial charge in [-0.05, 0) is 55.8 Å². The summed E-state index contributed by atoms with van der Waals surface area (Å²) in [5, 5.41) is 6.85. The monoisotopic (exact) mass is 427 g/mol. The second-order valence-electron chi connectivity index (χ2n) is 7.46. The normalized spacial score (nSPS) is 11.1. The molecule has 3 heterocycles. The second kappa shape index (κ2) is 7.73. The van der Waals surface area contributed by atoms with E-state index in [2.05, 4.69) is 20.4 Å². The predicted octanol–water partition coefficient (Wildman–Crippen LogP) is 5.06. The number of amides is 1. The number of rotatable bonds is 4. The molecule has 0 radical (unpaired) electrons. The number of aromatic nitrogens is 4. The number of benzene rings is 2. The summed E-state index contributed by atoms with van der Waals surface area (Å²) in [6, 6.07) is 15.6. The van der Waals surface area contributed by atoms with Gasteiger partial charge in [0.25, 0.3) is 11.8 Å². The molecule has 0 atom stereocenters. The number of aryl methyl sites for hydroxylation is 2. The van der Waals surface area contributed by atoms with Crippen molar-refractivity contribution in [3.8, 4) is 22.8 Å². The fourth-order valence-electron chi connectivity index (χ4n) is 3.44. The molecule has 0 aliphatic carbocycles. The smallest absolute Gasteiger partial charge is 0.274 e. The molecule has 0 fully saturated rings. The fourth-order valence-corrected chi connectivity index (χ4v) is 3.44. The first kappa shape index (κ1) is 19.6. The number of pyridine rings is 1. The van der Waals surface area contributed by atoms with Crippen LogP contribution in [0.15, 0.2) is 71.5 Å². The molecule has 1 N–H and O–H groups in total. The Labute approximate surface area is 182 Å². The molecule has 0 saturated carbocycles. The lowest BCUT2D eigenvalue weighted by Crippen LogP contribution is -2.15. The minimum atomic E-state index is -0.423. The summed E-state index contributed by atoms with van der Waals surface area (Å²) < 4.78 is 21.3. The van der Waals surface area contributed by atoms with Gasteiger partial charge in [-0.2, -0.15) is 4.98 Å². The summed E-state index contributed by atoms with van der Waals surface area (Å²) in [7, 11) is 0. The van der Waals surface area contributed by atoms with Crippen LogP contribution in [0.2, 0.25) is 0 Å². The van der Waals surface area contributed by atoms with E-state index < -0.39 is 5.82 Å². The number of nitrogens with one attached hydrogen (secondary N) is 1. The zero-order valence-electron chi connectivity index (χ0n) is 17.3. The van der Waals surface area contributed by atoms with Crippen molar-refractivity contribution in [2.75, 3.05) is 5.32 Å². The lowest BCUT2D eigenvalue weighted by molar-refractivity contribution is 0.102. The van der Waals surface area contributed by atoms with Crippen molar-refractivity contribution in [1.29, 1.82) is 0 Å². The molecule has 1 amide bonds. The largest absolute Gasteiger partial charge is 0.334 e. The van der Waals surface area contributed by atoms with Crippen LogP contribution < -0.4 is 5.32 Å². The van der Waals surface area contributed by atoms with Crippen LogP contribution >= 0.6 is 0 Å². The SMILES string of the molecule is Cc1ccc(F)c(-c2noc(-c3ccc(C)c(NC(=O)c4cnc5ccccn45)c3)n2)c1. The molecule has 0 saturated heterocycles. The highest BCUT2D eigenvalue weighted by Gasteiger charge is 2.17. The van der Waals surface area contributed by atoms with Crippen LogP contribution in [0.4, 0.5) is 10.1 Å². The summed E-state index contributed by atoms with van der Waals surface area (Å²) in [6.45, 7) is 3.75. The van der Waals surface area contributed by atoms with Crippen molar-refractivity contribution in [1.82, 2.24) is 19.5 Å². The van der Waals surface area contributed by atoms with Gasteiger partial charge in [0.1, 0.15) is 17.2 Å². The Morgan fingerprint density at radius 1 is 1.09 bits per heavy atom. The lowest BCUT2D eigenvalue weighted by atomic mass is 10.1. The third kappa shape index (κ3) is 3.51. The first-order valence-corrected chi connectivity index (χ1v) is 9.94. The quantitative estimate of drug-likeness (QED) is 0.433. The molecule has 2 aromatic carbocycles. The molecule has 0 bridgehead atoms. The Morgan fingerprint density at radius 2 is 1.97 bits per heavy atom. The Balaban J connectivity index is 1.45. The molecule has 0 aliphatic rings. The zero-order valence-corrected chi connectivity index (χ0v) is 17.3. The van der Waals surface area contributed by atoms with Crippen molar-refractivity contribution in [3.05, 3.63) is 89.6 Å². The number of anilines is 1. The Morgan fingerprint density at radius 3 is 2.84 bits per heavy atom. The van der Waals surface area contributed by atoms with Crippen LogP contribution in [0.25, 0.3) is 28.5 Å². The third-order valence-corrected chi connectivity index (χ3v) is 5.17. The van der Waals surface area contributed by atoms with Gasteiger partial charge >= 0.3 is 0 Å². The minimum absolute atomic E-state index is 0.165. The summed E-state index contributed by atoms with van der Waals surface area (Å²) in [6.07, 6.45) is 3.31. The van der Waals surface area contributed by atoms with E-state index >= 15 is 0 Å². The number of fused-ring (bicyclic) bond motifs is 1.